The number of sulfonamides is 1. The molecule has 108 valence electrons. The number of nitrogen functional groups attached to an aromatic ring is 1. The molecule has 1 aromatic rings. The predicted octanol–water partition coefficient (Wildman–Crippen LogP) is 1.95. The molecule has 0 aromatic heterocycles. The molecule has 0 amide bonds. The molecule has 0 saturated heterocycles. The number of hydrogen-bond acceptors (Lipinski definition) is 4. The van der Waals surface area contributed by atoms with Crippen molar-refractivity contribution in [3.63, 3.8) is 0 Å². The van der Waals surface area contributed by atoms with Crippen LogP contribution in [-0.2, 0) is 10.0 Å². The summed E-state index contributed by atoms with van der Waals surface area (Å²) in [5.74, 6) is 0.450. The van der Waals surface area contributed by atoms with Gasteiger partial charge in [0.05, 0.1) is 5.56 Å². The number of nitrogens with zero attached hydrogens (tertiary/aromatic N) is 2. The van der Waals surface area contributed by atoms with Crippen molar-refractivity contribution in [2.24, 2.45) is 5.92 Å². The quantitative estimate of drug-likeness (QED) is 0.840. The van der Waals surface area contributed by atoms with Crippen LogP contribution in [0.3, 0.4) is 0 Å². The maximum absolute atomic E-state index is 12.8. The van der Waals surface area contributed by atoms with Gasteiger partial charge in [0, 0.05) is 18.3 Å². The van der Waals surface area contributed by atoms with Crippen LogP contribution in [0, 0.1) is 17.2 Å². The fraction of sp³-hybridized carbons (Fsp3) is 0.500. The summed E-state index contributed by atoms with van der Waals surface area (Å²) in [4.78, 5) is 0.0450. The molecule has 5 nitrogen and oxygen atoms in total. The first-order valence-electron chi connectivity index (χ1n) is 6.67. The van der Waals surface area contributed by atoms with Crippen LogP contribution in [0.2, 0.25) is 0 Å². The Kier molecular flexibility index (Phi) is 4.02. The van der Waals surface area contributed by atoms with Gasteiger partial charge in [-0.2, -0.15) is 9.57 Å². The molecule has 6 heteroatoms. The smallest absolute Gasteiger partial charge is 0.244 e. The zero-order valence-electron chi connectivity index (χ0n) is 11.7. The molecule has 1 saturated carbocycles. The van der Waals surface area contributed by atoms with Crippen LogP contribution < -0.4 is 5.73 Å². The van der Waals surface area contributed by atoms with Gasteiger partial charge in [0.25, 0.3) is 0 Å². The Bertz CT molecular complexity index is 643. The molecule has 0 bridgehead atoms. The summed E-state index contributed by atoms with van der Waals surface area (Å²) in [5, 5.41) is 9.13. The van der Waals surface area contributed by atoms with Gasteiger partial charge in [-0.3, -0.25) is 0 Å². The molecule has 1 aliphatic carbocycles. The van der Waals surface area contributed by atoms with Gasteiger partial charge in [-0.1, -0.05) is 0 Å². The molecule has 0 spiro atoms. The highest BCUT2D eigenvalue weighted by Crippen LogP contribution is 2.33. The van der Waals surface area contributed by atoms with Gasteiger partial charge in [0.2, 0.25) is 10.0 Å². The van der Waals surface area contributed by atoms with Gasteiger partial charge in [0.15, 0.2) is 0 Å². The number of anilines is 1. The van der Waals surface area contributed by atoms with Gasteiger partial charge in [-0.15, -0.1) is 0 Å². The monoisotopic (exact) mass is 293 g/mol. The van der Waals surface area contributed by atoms with Gasteiger partial charge >= 0.3 is 0 Å². The molecular formula is C14H19N3O2S. The van der Waals surface area contributed by atoms with Crippen LogP contribution in [0.15, 0.2) is 23.1 Å². The van der Waals surface area contributed by atoms with E-state index in [1.54, 1.807) is 0 Å². The Morgan fingerprint density at radius 3 is 2.60 bits per heavy atom. The minimum atomic E-state index is -3.66. The van der Waals surface area contributed by atoms with E-state index in [1.807, 2.05) is 19.9 Å². The van der Waals surface area contributed by atoms with Crippen molar-refractivity contribution in [3.05, 3.63) is 23.8 Å². The summed E-state index contributed by atoms with van der Waals surface area (Å²) >= 11 is 0. The van der Waals surface area contributed by atoms with Crippen molar-refractivity contribution in [1.29, 1.82) is 5.26 Å². The summed E-state index contributed by atoms with van der Waals surface area (Å²) in [5.41, 5.74) is 6.10. The molecule has 0 atom stereocenters. The second-order valence-corrected chi connectivity index (χ2v) is 7.34. The Labute approximate surface area is 120 Å². The lowest BCUT2D eigenvalue weighted by Crippen LogP contribution is -2.38. The number of nitrogens with two attached hydrogens (primary N) is 1. The summed E-state index contributed by atoms with van der Waals surface area (Å²) in [7, 11) is -3.66. The molecule has 2 N–H and O–H groups in total. The molecule has 0 heterocycles. The summed E-state index contributed by atoms with van der Waals surface area (Å²) in [6.45, 7) is 4.22. The maximum atomic E-state index is 12.8. The van der Waals surface area contributed by atoms with E-state index < -0.39 is 10.0 Å². The largest absolute Gasteiger partial charge is 0.399 e. The lowest BCUT2D eigenvalue weighted by molar-refractivity contribution is 0.341. The van der Waals surface area contributed by atoms with E-state index in [-0.39, 0.29) is 16.5 Å². The highest BCUT2D eigenvalue weighted by molar-refractivity contribution is 7.89. The van der Waals surface area contributed by atoms with E-state index in [0.717, 1.165) is 12.8 Å². The van der Waals surface area contributed by atoms with Crippen LogP contribution >= 0.6 is 0 Å². The second kappa shape index (κ2) is 5.43. The van der Waals surface area contributed by atoms with E-state index in [9.17, 15) is 8.42 Å². The predicted molar refractivity (Wildman–Crippen MR) is 77.3 cm³/mol. The van der Waals surface area contributed by atoms with Crippen LogP contribution in [0.1, 0.15) is 32.3 Å². The summed E-state index contributed by atoms with van der Waals surface area (Å²) in [6, 6.07) is 6.13. The van der Waals surface area contributed by atoms with Crippen molar-refractivity contribution in [1.82, 2.24) is 4.31 Å². The first-order chi connectivity index (χ1) is 9.36. The fourth-order valence-electron chi connectivity index (χ4n) is 2.13. The molecule has 0 unspecified atom stereocenters. The molecule has 2 rings (SSSR count). The highest BCUT2D eigenvalue weighted by Gasteiger charge is 2.34. The average Bonchev–Trinajstić information content (AvgIpc) is 3.18. The van der Waals surface area contributed by atoms with E-state index in [1.165, 1.54) is 22.5 Å². The zero-order valence-corrected chi connectivity index (χ0v) is 12.5. The summed E-state index contributed by atoms with van der Waals surface area (Å²) in [6.07, 6.45) is 2.15. The maximum Gasteiger partial charge on any atom is 0.244 e. The average molecular weight is 293 g/mol. The molecule has 1 fully saturated rings. The van der Waals surface area contributed by atoms with Crippen molar-refractivity contribution < 1.29 is 8.42 Å². The first kappa shape index (κ1) is 14.8. The second-order valence-electron chi connectivity index (χ2n) is 5.48. The number of hydrogen-bond donors (Lipinski definition) is 1. The molecular weight excluding hydrogens is 274 g/mol. The molecule has 1 aromatic carbocycles. The lowest BCUT2D eigenvalue weighted by Gasteiger charge is -2.26. The van der Waals surface area contributed by atoms with Gasteiger partial charge in [-0.05, 0) is 50.8 Å². The first-order valence-corrected chi connectivity index (χ1v) is 8.11. The van der Waals surface area contributed by atoms with Gasteiger partial charge in [-0.25, -0.2) is 8.42 Å². The van der Waals surface area contributed by atoms with E-state index in [4.69, 9.17) is 11.0 Å². The van der Waals surface area contributed by atoms with E-state index in [0.29, 0.717) is 18.2 Å². The van der Waals surface area contributed by atoms with Crippen molar-refractivity contribution in [2.45, 2.75) is 37.6 Å². The van der Waals surface area contributed by atoms with Crippen LogP contribution in [0.4, 0.5) is 5.69 Å². The Hall–Kier alpha value is -1.58. The highest BCUT2D eigenvalue weighted by atomic mass is 32.2. The SMILES string of the molecule is CC(C)N(CC1CC1)S(=O)(=O)c1ccc(N)cc1C#N. The normalized spacial score (nSPS) is 15.6. The van der Waals surface area contributed by atoms with Crippen molar-refractivity contribution >= 4 is 15.7 Å². The van der Waals surface area contributed by atoms with Crippen molar-refractivity contribution in [3.8, 4) is 6.07 Å². The zero-order chi connectivity index (χ0) is 14.9. The van der Waals surface area contributed by atoms with E-state index in [2.05, 4.69) is 0 Å². The Morgan fingerprint density at radius 1 is 1.45 bits per heavy atom. The van der Waals surface area contributed by atoms with Crippen LogP contribution in [0.5, 0.6) is 0 Å². The summed E-state index contributed by atoms with van der Waals surface area (Å²) < 4.78 is 27.0. The fourth-order valence-corrected chi connectivity index (χ4v) is 3.96. The van der Waals surface area contributed by atoms with E-state index >= 15 is 0 Å². The lowest BCUT2D eigenvalue weighted by atomic mass is 10.2. The minimum Gasteiger partial charge on any atom is -0.399 e. The molecule has 0 radical (unpaired) electrons. The molecule has 1 aliphatic rings. The van der Waals surface area contributed by atoms with Crippen LogP contribution in [0.25, 0.3) is 0 Å². The number of rotatable bonds is 5. The van der Waals surface area contributed by atoms with Gasteiger partial charge < -0.3 is 5.73 Å². The third-order valence-corrected chi connectivity index (χ3v) is 5.52. The third-order valence-electron chi connectivity index (χ3n) is 3.42. The Balaban J connectivity index is 2.44. The third kappa shape index (κ3) is 2.94. The standard InChI is InChI=1S/C14H19N3O2S/c1-10(2)17(9-11-3-4-11)20(18,19)14-6-5-13(16)7-12(14)8-15/h5-7,10-11H,3-4,9,16H2,1-2H3. The minimum absolute atomic E-state index is 0.0450. The van der Waals surface area contributed by atoms with Crippen LogP contribution in [-0.4, -0.2) is 25.3 Å². The Morgan fingerprint density at radius 2 is 2.10 bits per heavy atom. The molecule has 20 heavy (non-hydrogen) atoms. The van der Waals surface area contributed by atoms with Crippen molar-refractivity contribution in [2.75, 3.05) is 12.3 Å². The number of benzene rings is 1. The molecule has 0 aliphatic heterocycles. The number of nitriles is 1. The van der Waals surface area contributed by atoms with Gasteiger partial charge in [0.1, 0.15) is 11.0 Å². The topological polar surface area (TPSA) is 87.2 Å².